The minimum Gasteiger partial charge on any atom is -0.462 e. The van der Waals surface area contributed by atoms with E-state index in [0.29, 0.717) is 12.8 Å². The van der Waals surface area contributed by atoms with E-state index in [1.165, 1.54) is 109 Å². The summed E-state index contributed by atoms with van der Waals surface area (Å²) in [7, 11) is -4.39. The van der Waals surface area contributed by atoms with Gasteiger partial charge in [-0.2, -0.15) is 0 Å². The van der Waals surface area contributed by atoms with Gasteiger partial charge in [0.05, 0.1) is 13.2 Å². The third kappa shape index (κ3) is 39.7. The van der Waals surface area contributed by atoms with Crippen molar-refractivity contribution in [3.8, 4) is 0 Å². The molecule has 0 aromatic rings. The Morgan fingerprint density at radius 1 is 0.556 bits per heavy atom. The summed E-state index contributed by atoms with van der Waals surface area (Å²) in [5, 5.41) is 0. The van der Waals surface area contributed by atoms with Gasteiger partial charge in [-0.25, -0.2) is 4.57 Å². The molecule has 0 bridgehead atoms. The molecule has 0 aliphatic carbocycles. The van der Waals surface area contributed by atoms with E-state index in [9.17, 15) is 19.0 Å². The molecule has 3 N–H and O–H groups in total. The molecule has 314 valence electrons. The maximum atomic E-state index is 12.5. The highest BCUT2D eigenvalue weighted by molar-refractivity contribution is 7.47. The first-order valence-electron chi connectivity index (χ1n) is 21.6. The normalized spacial score (nSPS) is 13.8. The average Bonchev–Trinajstić information content (AvgIpc) is 3.16. The molecule has 0 rings (SSSR count). The molecule has 9 nitrogen and oxygen atoms in total. The molecule has 0 spiro atoms. The van der Waals surface area contributed by atoms with Crippen molar-refractivity contribution in [2.75, 3.05) is 26.4 Å². The number of carbonyl (C=O) groups is 2. The van der Waals surface area contributed by atoms with Crippen LogP contribution in [0.5, 0.6) is 0 Å². The van der Waals surface area contributed by atoms with E-state index < -0.39 is 32.5 Å². The summed E-state index contributed by atoms with van der Waals surface area (Å²) in [5.74, 6) is -0.891. The van der Waals surface area contributed by atoms with E-state index in [1.54, 1.807) is 0 Å². The van der Waals surface area contributed by atoms with Crippen molar-refractivity contribution in [3.05, 3.63) is 48.6 Å². The number of hydrogen-bond acceptors (Lipinski definition) is 8. The summed E-state index contributed by atoms with van der Waals surface area (Å²) in [6.45, 7) is 3.65. The van der Waals surface area contributed by atoms with E-state index in [2.05, 4.69) is 56.4 Å². The first-order valence-corrected chi connectivity index (χ1v) is 23.1. The van der Waals surface area contributed by atoms with Crippen molar-refractivity contribution < 1.29 is 37.6 Å². The zero-order chi connectivity index (χ0) is 39.6. The Kier molecular flexibility index (Phi) is 39.1. The lowest BCUT2D eigenvalue weighted by Gasteiger charge is -2.19. The molecule has 0 fully saturated rings. The maximum absolute atomic E-state index is 12.5. The van der Waals surface area contributed by atoms with Gasteiger partial charge >= 0.3 is 19.8 Å². The second kappa shape index (κ2) is 40.6. The second-order valence-corrected chi connectivity index (χ2v) is 15.7. The molecular weight excluding hydrogens is 701 g/mol. The first kappa shape index (κ1) is 52.0. The first-order chi connectivity index (χ1) is 26.3. The van der Waals surface area contributed by atoms with Crippen LogP contribution in [0.3, 0.4) is 0 Å². The fourth-order valence-corrected chi connectivity index (χ4v) is 6.51. The Balaban J connectivity index is 4.24. The van der Waals surface area contributed by atoms with Crippen molar-refractivity contribution >= 4 is 19.8 Å². The van der Waals surface area contributed by atoms with Crippen LogP contribution in [-0.4, -0.2) is 49.3 Å². The monoisotopic (exact) mass is 782 g/mol. The molecule has 0 aliphatic heterocycles. The fraction of sp³-hybridized carbons (Fsp3) is 0.773. The second-order valence-electron chi connectivity index (χ2n) is 14.2. The average molecular weight is 782 g/mol. The Morgan fingerprint density at radius 2 is 0.981 bits per heavy atom. The van der Waals surface area contributed by atoms with Crippen LogP contribution >= 0.6 is 7.82 Å². The fourth-order valence-electron chi connectivity index (χ4n) is 5.74. The zero-order valence-corrected chi connectivity index (χ0v) is 35.3. The molecule has 0 amide bonds. The van der Waals surface area contributed by atoms with Crippen molar-refractivity contribution in [2.45, 2.75) is 193 Å². The Hall–Kier alpha value is -2.03. The molecule has 0 aromatic carbocycles. The summed E-state index contributed by atoms with van der Waals surface area (Å²) in [4.78, 5) is 34.8. The Bertz CT molecular complexity index is 1030. The number of carbonyl (C=O) groups excluding carboxylic acids is 2. The number of unbranched alkanes of at least 4 members (excludes halogenated alkanes) is 19. The van der Waals surface area contributed by atoms with Gasteiger partial charge in [0.1, 0.15) is 6.61 Å². The highest BCUT2D eigenvalue weighted by Crippen LogP contribution is 2.43. The van der Waals surface area contributed by atoms with E-state index in [-0.39, 0.29) is 32.6 Å². The Labute approximate surface area is 330 Å². The lowest BCUT2D eigenvalue weighted by atomic mass is 10.0. The molecule has 0 saturated heterocycles. The van der Waals surface area contributed by atoms with Gasteiger partial charge in [-0.1, -0.05) is 172 Å². The lowest BCUT2D eigenvalue weighted by molar-refractivity contribution is -0.161. The third-order valence-electron chi connectivity index (χ3n) is 8.97. The van der Waals surface area contributed by atoms with E-state index in [0.717, 1.165) is 38.5 Å². The molecule has 0 saturated carbocycles. The van der Waals surface area contributed by atoms with Crippen LogP contribution < -0.4 is 5.73 Å². The van der Waals surface area contributed by atoms with Crippen molar-refractivity contribution in [2.24, 2.45) is 5.73 Å². The quantitative estimate of drug-likeness (QED) is 0.0269. The number of ether oxygens (including phenoxy) is 2. The van der Waals surface area contributed by atoms with Gasteiger partial charge < -0.3 is 20.1 Å². The largest absolute Gasteiger partial charge is 0.472 e. The van der Waals surface area contributed by atoms with Crippen LogP contribution in [0, 0.1) is 0 Å². The predicted molar refractivity (Wildman–Crippen MR) is 224 cm³/mol. The summed E-state index contributed by atoms with van der Waals surface area (Å²) >= 11 is 0. The number of hydrogen-bond donors (Lipinski definition) is 2. The molecular formula is C44H80NO8P. The van der Waals surface area contributed by atoms with Crippen molar-refractivity contribution in [1.29, 1.82) is 0 Å². The molecule has 0 aromatic heterocycles. The van der Waals surface area contributed by atoms with Gasteiger partial charge in [-0.15, -0.1) is 0 Å². The molecule has 1 unspecified atom stereocenters. The number of allylic oxidation sites excluding steroid dienone is 8. The minimum atomic E-state index is -4.39. The van der Waals surface area contributed by atoms with E-state index >= 15 is 0 Å². The van der Waals surface area contributed by atoms with Crippen LogP contribution in [0.1, 0.15) is 187 Å². The Morgan fingerprint density at radius 3 is 1.48 bits per heavy atom. The third-order valence-corrected chi connectivity index (χ3v) is 9.95. The number of esters is 2. The molecule has 0 aliphatic rings. The number of phosphoric ester groups is 1. The van der Waals surface area contributed by atoms with Crippen LogP contribution in [0.25, 0.3) is 0 Å². The zero-order valence-electron chi connectivity index (χ0n) is 34.4. The summed E-state index contributed by atoms with van der Waals surface area (Å²) in [6, 6.07) is 0. The molecule has 0 radical (unpaired) electrons. The van der Waals surface area contributed by atoms with Crippen LogP contribution in [0.4, 0.5) is 0 Å². The smallest absolute Gasteiger partial charge is 0.462 e. The topological polar surface area (TPSA) is 134 Å². The van der Waals surface area contributed by atoms with E-state index in [4.69, 9.17) is 24.3 Å². The SMILES string of the molecule is CCCCC/C=C\C/C=C\C/C=C\C/C=C\CCCC(=O)O[C@H](COC(=O)CCCCCCCCCCCCCCCCCC)COP(=O)(O)OCCN. The van der Waals surface area contributed by atoms with Gasteiger partial charge in [0.15, 0.2) is 6.10 Å². The summed E-state index contributed by atoms with van der Waals surface area (Å²) in [6.07, 6.45) is 45.7. The van der Waals surface area contributed by atoms with Crippen LogP contribution in [0.2, 0.25) is 0 Å². The number of rotatable bonds is 40. The summed E-state index contributed by atoms with van der Waals surface area (Å²) in [5.41, 5.74) is 5.34. The molecule has 54 heavy (non-hydrogen) atoms. The van der Waals surface area contributed by atoms with Crippen LogP contribution in [0.15, 0.2) is 48.6 Å². The predicted octanol–water partition coefficient (Wildman–Crippen LogP) is 12.3. The van der Waals surface area contributed by atoms with Crippen molar-refractivity contribution in [1.82, 2.24) is 0 Å². The highest BCUT2D eigenvalue weighted by Gasteiger charge is 2.25. The summed E-state index contributed by atoms with van der Waals surface area (Å²) < 4.78 is 32.7. The van der Waals surface area contributed by atoms with Gasteiger partial charge in [0, 0.05) is 19.4 Å². The van der Waals surface area contributed by atoms with Gasteiger partial charge in [0.2, 0.25) is 0 Å². The van der Waals surface area contributed by atoms with E-state index in [1.807, 2.05) is 6.08 Å². The number of phosphoric acid groups is 1. The minimum absolute atomic E-state index is 0.0444. The highest BCUT2D eigenvalue weighted by atomic mass is 31.2. The van der Waals surface area contributed by atoms with Gasteiger partial charge in [-0.05, 0) is 51.4 Å². The molecule has 2 atom stereocenters. The number of nitrogens with two attached hydrogens (primary N) is 1. The van der Waals surface area contributed by atoms with Crippen LogP contribution in [-0.2, 0) is 32.7 Å². The van der Waals surface area contributed by atoms with Crippen molar-refractivity contribution in [3.63, 3.8) is 0 Å². The van der Waals surface area contributed by atoms with Gasteiger partial charge in [-0.3, -0.25) is 18.6 Å². The van der Waals surface area contributed by atoms with Gasteiger partial charge in [0.25, 0.3) is 0 Å². The molecule has 10 heteroatoms. The maximum Gasteiger partial charge on any atom is 0.472 e. The standard InChI is InChI=1S/C44H80NO8P/c1-3-5-7-9-11-13-15-17-19-21-23-25-27-29-31-33-35-37-44(47)53-42(41-52-54(48,49)51-39-38-45)40-50-43(46)36-34-32-30-28-26-24-22-20-18-16-14-12-10-8-6-4-2/h11,13,17,19,23,25,29,31,42H,3-10,12,14-16,18,20-22,24,26-28,30,32-41,45H2,1-2H3,(H,48,49)/b13-11-,19-17-,25-23-,31-29-/t42-/m1/s1. The molecule has 0 heterocycles. The lowest BCUT2D eigenvalue weighted by Crippen LogP contribution is -2.29.